The lowest BCUT2D eigenvalue weighted by Gasteiger charge is -2.24. The maximum absolute atomic E-state index is 12.5. The zero-order valence-electron chi connectivity index (χ0n) is 13.2. The van der Waals surface area contributed by atoms with Crippen molar-refractivity contribution in [3.63, 3.8) is 0 Å². The number of aromatic nitrogens is 1. The third-order valence-electron chi connectivity index (χ3n) is 3.61. The van der Waals surface area contributed by atoms with Crippen LogP contribution in [-0.4, -0.2) is 66.7 Å². The van der Waals surface area contributed by atoms with Gasteiger partial charge in [0, 0.05) is 44.4 Å². The van der Waals surface area contributed by atoms with Crippen molar-refractivity contribution in [3.05, 3.63) is 18.0 Å². The third kappa shape index (κ3) is 4.07. The molecule has 1 amide bonds. The van der Waals surface area contributed by atoms with E-state index in [2.05, 4.69) is 11.1 Å². The van der Waals surface area contributed by atoms with E-state index >= 15 is 0 Å². The van der Waals surface area contributed by atoms with Crippen molar-refractivity contribution in [2.45, 2.75) is 11.8 Å². The van der Waals surface area contributed by atoms with Gasteiger partial charge in [0.25, 0.3) is 5.91 Å². The second-order valence-corrected chi connectivity index (χ2v) is 8.64. The van der Waals surface area contributed by atoms with E-state index in [1.807, 2.05) is 0 Å². The molecule has 1 unspecified atom stereocenters. The summed E-state index contributed by atoms with van der Waals surface area (Å²) in [5.41, 5.74) is 0.211. The van der Waals surface area contributed by atoms with Crippen LogP contribution in [0.2, 0.25) is 0 Å². The molecule has 7 nitrogen and oxygen atoms in total. The maximum Gasteiger partial charge on any atom is 0.270 e. The van der Waals surface area contributed by atoms with Crippen molar-refractivity contribution in [1.29, 1.82) is 5.26 Å². The van der Waals surface area contributed by atoms with E-state index in [4.69, 9.17) is 5.26 Å². The number of sulfonamides is 1. The van der Waals surface area contributed by atoms with Gasteiger partial charge in [-0.2, -0.15) is 21.3 Å². The zero-order chi connectivity index (χ0) is 17.0. The quantitative estimate of drug-likeness (QED) is 0.848. The summed E-state index contributed by atoms with van der Waals surface area (Å²) < 4.78 is 26.5. The van der Waals surface area contributed by atoms with E-state index in [0.717, 1.165) is 11.5 Å². The lowest BCUT2D eigenvalue weighted by Crippen LogP contribution is -2.37. The molecule has 0 bridgehead atoms. The Labute approximate surface area is 140 Å². The van der Waals surface area contributed by atoms with Crippen LogP contribution in [0.1, 0.15) is 17.4 Å². The zero-order valence-corrected chi connectivity index (χ0v) is 14.8. The number of thioether (sulfide) groups is 1. The molecular formula is C14H20N4O3S2. The highest BCUT2D eigenvalue weighted by Gasteiger charge is 2.28. The summed E-state index contributed by atoms with van der Waals surface area (Å²) in [5.74, 6) is 0.949. The van der Waals surface area contributed by atoms with Gasteiger partial charge in [0.15, 0.2) is 0 Å². The minimum atomic E-state index is -3.56. The molecule has 1 aliphatic rings. The SMILES string of the molecule is CC(C#N)CN(C)C(=O)c1cc(S(=O)(=O)N2CCSCC2)c[nH]1. The van der Waals surface area contributed by atoms with Crippen LogP contribution in [0.25, 0.3) is 0 Å². The minimum absolute atomic E-state index is 0.106. The number of amides is 1. The first-order chi connectivity index (χ1) is 10.9. The predicted molar refractivity (Wildman–Crippen MR) is 88.6 cm³/mol. The summed E-state index contributed by atoms with van der Waals surface area (Å²) >= 11 is 1.73. The standard InChI is InChI=1S/C14H20N4O3S2/c1-11(8-15)10-17(2)14(19)13-7-12(9-16-13)23(20,21)18-3-5-22-6-4-18/h7,9,11,16H,3-6,10H2,1-2H3. The van der Waals surface area contributed by atoms with E-state index in [0.29, 0.717) is 19.6 Å². The van der Waals surface area contributed by atoms with Gasteiger partial charge in [0.1, 0.15) is 10.6 Å². The Hall–Kier alpha value is -1.50. The van der Waals surface area contributed by atoms with Gasteiger partial charge in [-0.1, -0.05) is 0 Å². The molecule has 126 valence electrons. The smallest absolute Gasteiger partial charge is 0.270 e. The van der Waals surface area contributed by atoms with Crippen molar-refractivity contribution in [3.8, 4) is 6.07 Å². The molecule has 0 aromatic carbocycles. The second kappa shape index (κ2) is 7.38. The fraction of sp³-hybridized carbons (Fsp3) is 0.571. The minimum Gasteiger partial charge on any atom is -0.356 e. The highest BCUT2D eigenvalue weighted by molar-refractivity contribution is 7.99. The van der Waals surface area contributed by atoms with Gasteiger partial charge in [-0.25, -0.2) is 8.42 Å². The molecule has 2 heterocycles. The molecule has 1 fully saturated rings. The first-order valence-corrected chi connectivity index (χ1v) is 9.87. The monoisotopic (exact) mass is 356 g/mol. The summed E-state index contributed by atoms with van der Waals surface area (Å²) in [6, 6.07) is 3.43. The van der Waals surface area contributed by atoms with Crippen LogP contribution in [0, 0.1) is 17.2 Å². The van der Waals surface area contributed by atoms with Crippen LogP contribution >= 0.6 is 11.8 Å². The van der Waals surface area contributed by atoms with Crippen LogP contribution in [0.5, 0.6) is 0 Å². The molecule has 1 saturated heterocycles. The number of nitrogens with zero attached hydrogens (tertiary/aromatic N) is 3. The highest BCUT2D eigenvalue weighted by atomic mass is 32.2. The molecule has 1 aromatic rings. The van der Waals surface area contributed by atoms with Crippen molar-refractivity contribution in [2.75, 3.05) is 38.2 Å². The van der Waals surface area contributed by atoms with Crippen LogP contribution in [0.15, 0.2) is 17.2 Å². The Bertz CT molecular complexity index is 702. The fourth-order valence-corrected chi connectivity index (χ4v) is 4.89. The molecule has 1 aliphatic heterocycles. The number of rotatable bonds is 5. The summed E-state index contributed by atoms with van der Waals surface area (Å²) in [6.45, 7) is 2.99. The highest BCUT2D eigenvalue weighted by Crippen LogP contribution is 2.21. The average Bonchev–Trinajstić information content (AvgIpc) is 3.05. The van der Waals surface area contributed by atoms with Crippen molar-refractivity contribution < 1.29 is 13.2 Å². The molecule has 0 saturated carbocycles. The van der Waals surface area contributed by atoms with Crippen LogP contribution < -0.4 is 0 Å². The van der Waals surface area contributed by atoms with Gasteiger partial charge in [0.05, 0.1) is 12.0 Å². The van der Waals surface area contributed by atoms with Gasteiger partial charge in [0.2, 0.25) is 10.0 Å². The summed E-state index contributed by atoms with van der Waals surface area (Å²) in [6.07, 6.45) is 1.35. The molecule has 23 heavy (non-hydrogen) atoms. The first kappa shape index (κ1) is 17.8. The number of hydrogen-bond acceptors (Lipinski definition) is 5. The third-order valence-corrected chi connectivity index (χ3v) is 6.43. The number of H-pyrrole nitrogens is 1. The van der Waals surface area contributed by atoms with Crippen molar-refractivity contribution in [2.24, 2.45) is 5.92 Å². The molecule has 9 heteroatoms. The maximum atomic E-state index is 12.5. The Morgan fingerprint density at radius 2 is 2.17 bits per heavy atom. The number of hydrogen-bond donors (Lipinski definition) is 1. The van der Waals surface area contributed by atoms with Gasteiger partial charge in [-0.15, -0.1) is 0 Å². The Morgan fingerprint density at radius 1 is 1.52 bits per heavy atom. The Kier molecular flexibility index (Phi) is 5.73. The van der Waals surface area contributed by atoms with Gasteiger partial charge in [-0.05, 0) is 13.0 Å². The predicted octanol–water partition coefficient (Wildman–Crippen LogP) is 0.984. The Morgan fingerprint density at radius 3 is 2.78 bits per heavy atom. The van der Waals surface area contributed by atoms with Crippen LogP contribution in [0.3, 0.4) is 0 Å². The molecule has 1 aromatic heterocycles. The number of nitrogens with one attached hydrogen (secondary N) is 1. The van der Waals surface area contributed by atoms with Crippen molar-refractivity contribution >= 4 is 27.7 Å². The molecule has 0 aliphatic carbocycles. The molecule has 0 spiro atoms. The van der Waals surface area contributed by atoms with Crippen LogP contribution in [-0.2, 0) is 10.0 Å². The molecule has 1 atom stereocenters. The van der Waals surface area contributed by atoms with E-state index in [9.17, 15) is 13.2 Å². The van der Waals surface area contributed by atoms with Gasteiger partial charge in [-0.3, -0.25) is 4.79 Å². The number of carbonyl (C=O) groups is 1. The van der Waals surface area contributed by atoms with Crippen LogP contribution in [0.4, 0.5) is 0 Å². The molecule has 2 rings (SSSR count). The first-order valence-electron chi connectivity index (χ1n) is 7.27. The topological polar surface area (TPSA) is 97.3 Å². The van der Waals surface area contributed by atoms with Gasteiger partial charge < -0.3 is 9.88 Å². The summed E-state index contributed by atoms with van der Waals surface area (Å²) in [4.78, 5) is 16.5. The summed E-state index contributed by atoms with van der Waals surface area (Å²) in [7, 11) is -1.97. The lowest BCUT2D eigenvalue weighted by atomic mass is 10.2. The Balaban J connectivity index is 2.13. The number of nitriles is 1. The second-order valence-electron chi connectivity index (χ2n) is 5.48. The van der Waals surface area contributed by atoms with Gasteiger partial charge >= 0.3 is 0 Å². The number of aromatic amines is 1. The number of carbonyl (C=O) groups excluding carboxylic acids is 1. The van der Waals surface area contributed by atoms with E-state index in [1.54, 1.807) is 25.7 Å². The fourth-order valence-electron chi connectivity index (χ4n) is 2.32. The largest absolute Gasteiger partial charge is 0.356 e. The van der Waals surface area contributed by atoms with Crippen molar-refractivity contribution in [1.82, 2.24) is 14.2 Å². The normalized spacial score (nSPS) is 17.4. The van der Waals surface area contributed by atoms with E-state index in [-0.39, 0.29) is 22.4 Å². The molecular weight excluding hydrogens is 336 g/mol. The van der Waals surface area contributed by atoms with E-state index in [1.165, 1.54) is 21.5 Å². The average molecular weight is 356 g/mol. The molecule has 0 radical (unpaired) electrons. The molecule has 1 N–H and O–H groups in total. The lowest BCUT2D eigenvalue weighted by molar-refractivity contribution is 0.0780. The van der Waals surface area contributed by atoms with E-state index < -0.39 is 10.0 Å². The summed E-state index contributed by atoms with van der Waals surface area (Å²) in [5, 5.41) is 8.81.